The number of terminal acetylenes is 1. The molecule has 4 rings (SSSR count). The largest absolute Gasteiger partial charge is 0.496 e. The molecule has 35 heavy (non-hydrogen) atoms. The van der Waals surface area contributed by atoms with Gasteiger partial charge in [-0.3, -0.25) is 4.79 Å². The van der Waals surface area contributed by atoms with Crippen LogP contribution in [0, 0.1) is 26.2 Å². The molecule has 2 N–H and O–H groups in total. The SMILES string of the molecule is C#CC(=O)N[C@H]1CCCCC1(C)Nc1ccc2cc(-c3c(C)c(OC)cc(OC)c3C)ccc2n1. The van der Waals surface area contributed by atoms with E-state index in [0.29, 0.717) is 0 Å². The lowest BCUT2D eigenvalue weighted by Crippen LogP contribution is -2.57. The van der Waals surface area contributed by atoms with Crippen LogP contribution in [0.5, 0.6) is 11.5 Å². The number of anilines is 1. The van der Waals surface area contributed by atoms with Crippen molar-refractivity contribution in [3.8, 4) is 35.0 Å². The fraction of sp³-hybridized carbons (Fsp3) is 0.379. The van der Waals surface area contributed by atoms with Crippen LogP contribution in [0.25, 0.3) is 22.0 Å². The topological polar surface area (TPSA) is 72.5 Å². The Morgan fingerprint density at radius 1 is 1.09 bits per heavy atom. The highest BCUT2D eigenvalue weighted by atomic mass is 16.5. The Morgan fingerprint density at radius 3 is 2.46 bits per heavy atom. The number of carbonyl (C=O) groups is 1. The van der Waals surface area contributed by atoms with Crippen LogP contribution in [-0.2, 0) is 4.79 Å². The van der Waals surface area contributed by atoms with E-state index < -0.39 is 0 Å². The number of nitrogens with one attached hydrogen (secondary N) is 2. The number of nitrogens with zero attached hydrogens (tertiary/aromatic N) is 1. The molecular weight excluding hydrogens is 438 g/mol. The van der Waals surface area contributed by atoms with Crippen LogP contribution in [0.15, 0.2) is 36.4 Å². The molecule has 182 valence electrons. The van der Waals surface area contributed by atoms with E-state index in [-0.39, 0.29) is 17.5 Å². The predicted octanol–water partition coefficient (Wildman–Crippen LogP) is 5.40. The van der Waals surface area contributed by atoms with Gasteiger partial charge in [0.15, 0.2) is 0 Å². The average molecular weight is 472 g/mol. The van der Waals surface area contributed by atoms with Gasteiger partial charge in [-0.1, -0.05) is 18.9 Å². The normalized spacial score (nSPS) is 19.6. The van der Waals surface area contributed by atoms with Gasteiger partial charge in [0.05, 0.1) is 31.3 Å². The first-order valence-corrected chi connectivity index (χ1v) is 12.0. The first-order chi connectivity index (χ1) is 16.8. The Hall–Kier alpha value is -3.72. The molecule has 6 heteroatoms. The Bertz CT molecular complexity index is 1280. The van der Waals surface area contributed by atoms with Gasteiger partial charge in [0, 0.05) is 11.5 Å². The summed E-state index contributed by atoms with van der Waals surface area (Å²) < 4.78 is 11.2. The van der Waals surface area contributed by atoms with Crippen LogP contribution >= 0.6 is 0 Å². The van der Waals surface area contributed by atoms with Gasteiger partial charge in [-0.25, -0.2) is 4.98 Å². The molecular formula is C29H33N3O3. The first kappa shape index (κ1) is 24.4. The molecule has 6 nitrogen and oxygen atoms in total. The van der Waals surface area contributed by atoms with Crippen molar-refractivity contribution in [2.24, 2.45) is 0 Å². The molecule has 1 heterocycles. The minimum Gasteiger partial charge on any atom is -0.496 e. The van der Waals surface area contributed by atoms with Crippen molar-refractivity contribution in [1.29, 1.82) is 0 Å². The van der Waals surface area contributed by atoms with Crippen LogP contribution in [0.3, 0.4) is 0 Å². The smallest absolute Gasteiger partial charge is 0.295 e. The number of methoxy groups -OCH3 is 2. The number of hydrogen-bond donors (Lipinski definition) is 2. The zero-order valence-electron chi connectivity index (χ0n) is 21.1. The second-order valence-corrected chi connectivity index (χ2v) is 9.47. The third-order valence-electron chi connectivity index (χ3n) is 7.23. The van der Waals surface area contributed by atoms with E-state index in [0.717, 1.165) is 76.2 Å². The van der Waals surface area contributed by atoms with Crippen molar-refractivity contribution < 1.29 is 14.3 Å². The Balaban J connectivity index is 1.67. The van der Waals surface area contributed by atoms with Gasteiger partial charge in [-0.15, -0.1) is 6.42 Å². The fourth-order valence-corrected chi connectivity index (χ4v) is 5.28. The summed E-state index contributed by atoms with van der Waals surface area (Å²) in [6.45, 7) is 6.26. The van der Waals surface area contributed by atoms with Crippen LogP contribution in [0.4, 0.5) is 5.82 Å². The van der Waals surface area contributed by atoms with Crippen LogP contribution in [0.1, 0.15) is 43.7 Å². The lowest BCUT2D eigenvalue weighted by molar-refractivity contribution is -0.116. The van der Waals surface area contributed by atoms with Gasteiger partial charge in [-0.2, -0.15) is 0 Å². The quantitative estimate of drug-likeness (QED) is 0.471. The minimum absolute atomic E-state index is 0.0475. The molecule has 1 saturated carbocycles. The highest BCUT2D eigenvalue weighted by Crippen LogP contribution is 2.40. The number of aromatic nitrogens is 1. The highest BCUT2D eigenvalue weighted by molar-refractivity contribution is 5.93. The Kier molecular flexibility index (Phi) is 6.88. The molecule has 1 aromatic heterocycles. The lowest BCUT2D eigenvalue weighted by Gasteiger charge is -2.42. The average Bonchev–Trinajstić information content (AvgIpc) is 2.85. The van der Waals surface area contributed by atoms with Gasteiger partial charge < -0.3 is 20.1 Å². The maximum absolute atomic E-state index is 11.9. The van der Waals surface area contributed by atoms with E-state index in [1.54, 1.807) is 14.2 Å². The summed E-state index contributed by atoms with van der Waals surface area (Å²) in [5.41, 5.74) is 4.91. The van der Waals surface area contributed by atoms with E-state index in [1.165, 1.54) is 0 Å². The monoisotopic (exact) mass is 471 g/mol. The molecule has 0 aliphatic heterocycles. The Morgan fingerprint density at radius 2 is 1.80 bits per heavy atom. The number of rotatable bonds is 6. The van der Waals surface area contributed by atoms with Crippen molar-refractivity contribution in [2.75, 3.05) is 19.5 Å². The van der Waals surface area contributed by atoms with E-state index in [2.05, 4.69) is 55.5 Å². The molecule has 2 atom stereocenters. The maximum Gasteiger partial charge on any atom is 0.295 e. The highest BCUT2D eigenvalue weighted by Gasteiger charge is 2.37. The van der Waals surface area contributed by atoms with E-state index >= 15 is 0 Å². The molecule has 3 aromatic rings. The molecule has 1 unspecified atom stereocenters. The minimum atomic E-state index is -0.372. The molecule has 2 aromatic carbocycles. The summed E-state index contributed by atoms with van der Waals surface area (Å²) in [5, 5.41) is 7.62. The zero-order chi connectivity index (χ0) is 25.2. The molecule has 1 aliphatic rings. The summed E-state index contributed by atoms with van der Waals surface area (Å²) >= 11 is 0. The summed E-state index contributed by atoms with van der Waals surface area (Å²) in [6.07, 6.45) is 9.26. The molecule has 1 amide bonds. The zero-order valence-corrected chi connectivity index (χ0v) is 21.1. The molecule has 1 aliphatic carbocycles. The van der Waals surface area contributed by atoms with Crippen LogP contribution in [0.2, 0.25) is 0 Å². The number of pyridine rings is 1. The summed E-state index contributed by atoms with van der Waals surface area (Å²) in [5.74, 6) is 4.18. The van der Waals surface area contributed by atoms with Crippen molar-refractivity contribution >= 4 is 22.6 Å². The van der Waals surface area contributed by atoms with Crippen molar-refractivity contribution in [2.45, 2.75) is 58.0 Å². The third kappa shape index (κ3) is 4.77. The molecule has 1 fully saturated rings. The van der Waals surface area contributed by atoms with Gasteiger partial charge in [0.2, 0.25) is 0 Å². The van der Waals surface area contributed by atoms with Gasteiger partial charge in [-0.05, 0) is 86.1 Å². The van der Waals surface area contributed by atoms with Gasteiger partial charge in [0.1, 0.15) is 17.3 Å². The number of benzene rings is 2. The van der Waals surface area contributed by atoms with E-state index in [9.17, 15) is 4.79 Å². The van der Waals surface area contributed by atoms with Crippen LogP contribution in [-0.4, -0.2) is 36.7 Å². The second-order valence-electron chi connectivity index (χ2n) is 9.47. The molecule has 0 radical (unpaired) electrons. The van der Waals surface area contributed by atoms with E-state index in [1.807, 2.05) is 18.2 Å². The predicted molar refractivity (Wildman–Crippen MR) is 141 cm³/mol. The molecule has 0 saturated heterocycles. The summed E-state index contributed by atoms with van der Waals surface area (Å²) in [6, 6.07) is 12.2. The number of hydrogen-bond acceptors (Lipinski definition) is 5. The first-order valence-electron chi connectivity index (χ1n) is 12.0. The standard InChI is InChI=1S/C29H33N3O3/c1-7-27(33)31-25-10-8-9-15-29(25,4)32-26-14-12-20-16-21(11-13-22(20)30-26)28-18(2)23(34-5)17-24(35-6)19(28)3/h1,11-14,16-17,25H,8-10,15H2,2-6H3,(H,30,32)(H,31,33)/t25-,29?/m0/s1. The Labute approximate surface area is 207 Å². The van der Waals surface area contributed by atoms with Crippen LogP contribution < -0.4 is 20.1 Å². The summed E-state index contributed by atoms with van der Waals surface area (Å²) in [7, 11) is 3.35. The third-order valence-corrected chi connectivity index (χ3v) is 7.23. The van der Waals surface area contributed by atoms with Crippen molar-refractivity contribution in [3.05, 3.63) is 47.5 Å². The van der Waals surface area contributed by atoms with E-state index in [4.69, 9.17) is 20.9 Å². The fourth-order valence-electron chi connectivity index (χ4n) is 5.28. The number of fused-ring (bicyclic) bond motifs is 1. The van der Waals surface area contributed by atoms with Crippen molar-refractivity contribution in [1.82, 2.24) is 10.3 Å². The molecule has 0 spiro atoms. The summed E-state index contributed by atoms with van der Waals surface area (Å²) in [4.78, 5) is 16.7. The maximum atomic E-state index is 11.9. The molecule has 0 bridgehead atoms. The van der Waals surface area contributed by atoms with Crippen molar-refractivity contribution in [3.63, 3.8) is 0 Å². The van der Waals surface area contributed by atoms with Gasteiger partial charge >= 0.3 is 0 Å². The number of carbonyl (C=O) groups excluding carboxylic acids is 1. The number of ether oxygens (including phenoxy) is 2. The van der Waals surface area contributed by atoms with Gasteiger partial charge in [0.25, 0.3) is 5.91 Å². The lowest BCUT2D eigenvalue weighted by atomic mass is 9.78. The number of amides is 1. The second kappa shape index (κ2) is 9.87.